The lowest BCUT2D eigenvalue weighted by molar-refractivity contribution is 0.354. The van der Waals surface area contributed by atoms with Gasteiger partial charge in [-0.1, -0.05) is 18.9 Å². The van der Waals surface area contributed by atoms with Crippen LogP contribution in [0.4, 0.5) is 0 Å². The van der Waals surface area contributed by atoms with Crippen molar-refractivity contribution in [2.75, 3.05) is 14.2 Å². The highest BCUT2D eigenvalue weighted by Gasteiger charge is 2.27. The number of benzene rings is 1. The minimum absolute atomic E-state index is 0.230. The lowest BCUT2D eigenvalue weighted by Gasteiger charge is -2.30. The molecule has 0 spiro atoms. The summed E-state index contributed by atoms with van der Waals surface area (Å²) in [5, 5.41) is 0. The van der Waals surface area contributed by atoms with Crippen molar-refractivity contribution in [3.05, 3.63) is 22.2 Å². The molecule has 2 atom stereocenters. The van der Waals surface area contributed by atoms with E-state index >= 15 is 0 Å². The summed E-state index contributed by atoms with van der Waals surface area (Å²) in [4.78, 5) is 0. The quantitative estimate of drug-likeness (QED) is 0.929. The molecule has 0 bridgehead atoms. The van der Waals surface area contributed by atoms with Gasteiger partial charge in [0.05, 0.1) is 14.2 Å². The van der Waals surface area contributed by atoms with E-state index in [-0.39, 0.29) is 6.04 Å². The van der Waals surface area contributed by atoms with Gasteiger partial charge in [0.15, 0.2) is 0 Å². The van der Waals surface area contributed by atoms with Crippen molar-refractivity contribution in [1.82, 2.24) is 0 Å². The van der Waals surface area contributed by atoms with Crippen molar-refractivity contribution in [2.45, 2.75) is 37.6 Å². The molecule has 1 aromatic rings. The number of ether oxygens (including phenoxy) is 2. The summed E-state index contributed by atoms with van der Waals surface area (Å²) in [6.07, 6.45) is 4.70. The van der Waals surface area contributed by atoms with Crippen LogP contribution in [-0.2, 0) is 0 Å². The number of nitrogens with two attached hydrogens (primary N) is 1. The van der Waals surface area contributed by atoms with E-state index in [4.69, 9.17) is 15.2 Å². The molecule has 0 aliphatic heterocycles. The molecule has 0 heterocycles. The van der Waals surface area contributed by atoms with Crippen molar-refractivity contribution in [3.63, 3.8) is 0 Å². The van der Waals surface area contributed by atoms with Crippen LogP contribution in [0.15, 0.2) is 16.6 Å². The lowest BCUT2D eigenvalue weighted by Crippen LogP contribution is -2.31. The van der Waals surface area contributed by atoms with Gasteiger partial charge in [0.1, 0.15) is 16.0 Å². The molecule has 0 aromatic heterocycles. The predicted molar refractivity (Wildman–Crippen MR) is 76.4 cm³/mol. The minimum Gasteiger partial charge on any atom is -0.495 e. The van der Waals surface area contributed by atoms with Gasteiger partial charge in [-0.3, -0.25) is 0 Å². The molecule has 100 valence electrons. The highest BCUT2D eigenvalue weighted by molar-refractivity contribution is 9.10. The fourth-order valence-corrected chi connectivity index (χ4v) is 3.44. The molecule has 3 nitrogen and oxygen atoms in total. The molecule has 1 saturated carbocycles. The Morgan fingerprint density at radius 1 is 1.17 bits per heavy atom. The first-order valence-electron chi connectivity index (χ1n) is 6.35. The highest BCUT2D eigenvalue weighted by atomic mass is 79.9. The molecule has 4 heteroatoms. The minimum atomic E-state index is 0.230. The Labute approximate surface area is 117 Å². The molecule has 0 saturated heterocycles. The molecular weight excluding hydrogens is 294 g/mol. The number of halogens is 1. The summed E-state index contributed by atoms with van der Waals surface area (Å²) in [5.41, 5.74) is 7.45. The third kappa shape index (κ3) is 2.50. The maximum atomic E-state index is 6.25. The molecule has 18 heavy (non-hydrogen) atoms. The lowest BCUT2D eigenvalue weighted by atomic mass is 9.80. The van der Waals surface area contributed by atoms with E-state index in [9.17, 15) is 0 Å². The first-order valence-corrected chi connectivity index (χ1v) is 7.14. The van der Waals surface area contributed by atoms with Crippen molar-refractivity contribution in [1.29, 1.82) is 0 Å². The Morgan fingerprint density at radius 2 is 1.89 bits per heavy atom. The van der Waals surface area contributed by atoms with Gasteiger partial charge in [0.2, 0.25) is 0 Å². The molecule has 1 fully saturated rings. The Hall–Kier alpha value is -0.740. The van der Waals surface area contributed by atoms with Crippen LogP contribution < -0.4 is 15.2 Å². The topological polar surface area (TPSA) is 44.5 Å². The maximum absolute atomic E-state index is 6.25. The van der Waals surface area contributed by atoms with Crippen LogP contribution in [0.3, 0.4) is 0 Å². The zero-order valence-corrected chi connectivity index (χ0v) is 12.5. The number of methoxy groups -OCH3 is 2. The van der Waals surface area contributed by atoms with E-state index in [2.05, 4.69) is 22.0 Å². The van der Waals surface area contributed by atoms with Crippen LogP contribution >= 0.6 is 15.9 Å². The Morgan fingerprint density at radius 3 is 2.50 bits per heavy atom. The summed E-state index contributed by atoms with van der Waals surface area (Å²) < 4.78 is 11.7. The fraction of sp³-hybridized carbons (Fsp3) is 0.571. The fourth-order valence-electron chi connectivity index (χ4n) is 2.76. The molecule has 2 rings (SSSR count). The predicted octanol–water partition coefficient (Wildman–Crippen LogP) is 3.45. The third-order valence-corrected chi connectivity index (χ3v) is 4.49. The second-order valence-corrected chi connectivity index (χ2v) is 5.55. The average molecular weight is 314 g/mol. The van der Waals surface area contributed by atoms with E-state index in [0.717, 1.165) is 28.8 Å². The molecule has 0 amide bonds. The molecule has 1 aliphatic rings. The van der Waals surface area contributed by atoms with Crippen LogP contribution in [0.25, 0.3) is 0 Å². The summed E-state index contributed by atoms with van der Waals surface area (Å²) in [6.45, 7) is 0. The summed E-state index contributed by atoms with van der Waals surface area (Å²) >= 11 is 3.55. The zero-order valence-electron chi connectivity index (χ0n) is 10.9. The SMILES string of the molecule is COc1ccc(C2CCCCC2N)c(OC)c1Br. The van der Waals surface area contributed by atoms with Gasteiger partial charge < -0.3 is 15.2 Å². The van der Waals surface area contributed by atoms with E-state index in [1.807, 2.05) is 6.07 Å². The van der Waals surface area contributed by atoms with Crippen LogP contribution in [-0.4, -0.2) is 20.3 Å². The molecular formula is C14H20BrNO2. The summed E-state index contributed by atoms with van der Waals surface area (Å²) in [5.74, 6) is 2.03. The van der Waals surface area contributed by atoms with Crippen molar-refractivity contribution < 1.29 is 9.47 Å². The van der Waals surface area contributed by atoms with Gasteiger partial charge in [-0.25, -0.2) is 0 Å². The summed E-state index contributed by atoms with van der Waals surface area (Å²) in [6, 6.07) is 4.29. The molecule has 2 N–H and O–H groups in total. The first kappa shape index (κ1) is 13.7. The number of rotatable bonds is 3. The largest absolute Gasteiger partial charge is 0.495 e. The molecule has 1 aliphatic carbocycles. The second kappa shape index (κ2) is 5.93. The van der Waals surface area contributed by atoms with Gasteiger partial charge in [-0.05, 0) is 34.8 Å². The monoisotopic (exact) mass is 313 g/mol. The van der Waals surface area contributed by atoms with Crippen molar-refractivity contribution in [3.8, 4) is 11.5 Å². The average Bonchev–Trinajstić information content (AvgIpc) is 2.39. The Bertz CT molecular complexity index is 423. The standard InChI is InChI=1S/C14H20BrNO2/c1-17-12-8-7-10(14(18-2)13(12)15)9-5-3-4-6-11(9)16/h7-9,11H,3-6,16H2,1-2H3. The van der Waals surface area contributed by atoms with Crippen LogP contribution in [0.2, 0.25) is 0 Å². The zero-order chi connectivity index (χ0) is 13.1. The van der Waals surface area contributed by atoms with E-state index in [0.29, 0.717) is 5.92 Å². The summed E-state index contributed by atoms with van der Waals surface area (Å²) in [7, 11) is 3.35. The van der Waals surface area contributed by atoms with E-state index in [1.54, 1.807) is 14.2 Å². The maximum Gasteiger partial charge on any atom is 0.140 e. The third-order valence-electron chi connectivity index (χ3n) is 3.74. The highest BCUT2D eigenvalue weighted by Crippen LogP contribution is 2.43. The first-order chi connectivity index (χ1) is 8.69. The van der Waals surface area contributed by atoms with Crippen LogP contribution in [0.5, 0.6) is 11.5 Å². The van der Waals surface area contributed by atoms with Crippen molar-refractivity contribution in [2.24, 2.45) is 5.73 Å². The van der Waals surface area contributed by atoms with Gasteiger partial charge in [-0.2, -0.15) is 0 Å². The van der Waals surface area contributed by atoms with E-state index in [1.165, 1.54) is 18.4 Å². The van der Waals surface area contributed by atoms with Gasteiger partial charge >= 0.3 is 0 Å². The molecule has 2 unspecified atom stereocenters. The van der Waals surface area contributed by atoms with Gasteiger partial charge in [0, 0.05) is 17.5 Å². The Kier molecular flexibility index (Phi) is 4.51. The molecule has 1 aromatic carbocycles. The normalized spacial score (nSPS) is 23.8. The van der Waals surface area contributed by atoms with Crippen molar-refractivity contribution >= 4 is 15.9 Å². The van der Waals surface area contributed by atoms with Crippen LogP contribution in [0.1, 0.15) is 37.2 Å². The van der Waals surface area contributed by atoms with Gasteiger partial charge in [0.25, 0.3) is 0 Å². The Balaban J connectivity index is 2.40. The molecule has 0 radical (unpaired) electrons. The van der Waals surface area contributed by atoms with Crippen LogP contribution in [0, 0.1) is 0 Å². The second-order valence-electron chi connectivity index (χ2n) is 4.76. The van der Waals surface area contributed by atoms with E-state index < -0.39 is 0 Å². The smallest absolute Gasteiger partial charge is 0.140 e. The van der Waals surface area contributed by atoms with Gasteiger partial charge in [-0.15, -0.1) is 0 Å². The number of hydrogen-bond donors (Lipinski definition) is 1. The number of hydrogen-bond acceptors (Lipinski definition) is 3.